The first-order chi connectivity index (χ1) is 14.6. The van der Waals surface area contributed by atoms with Crippen molar-refractivity contribution in [3.63, 3.8) is 0 Å². The number of nitrogens with one attached hydrogen (secondary N) is 2. The third-order valence-corrected chi connectivity index (χ3v) is 5.78. The van der Waals surface area contributed by atoms with E-state index in [1.165, 1.54) is 56.3 Å². The lowest BCUT2D eigenvalue weighted by Crippen LogP contribution is -2.72. The highest BCUT2D eigenvalue weighted by Gasteiger charge is 2.66. The Kier molecular flexibility index (Phi) is 6.05. The standard InChI is InChI=1S/C19H19F3N2O6S/c1-28-10-7-9(8-11(29-2)16(10)30-3)14-13(15(25)12-5-4-6-31-12)18(27,19(20,21)22)24-17(26)23-14/h4-8,13-14,27H,1-3H3,(H2,23,24,26)/t13-,14-,18-/m0/s1. The molecule has 31 heavy (non-hydrogen) atoms. The Balaban J connectivity index is 2.23. The number of amides is 2. The van der Waals surface area contributed by atoms with E-state index in [0.717, 1.165) is 11.3 Å². The number of rotatable bonds is 6. The number of hydrogen-bond donors (Lipinski definition) is 3. The quantitative estimate of drug-likeness (QED) is 0.573. The van der Waals surface area contributed by atoms with Gasteiger partial charge in [-0.2, -0.15) is 13.2 Å². The molecule has 3 atom stereocenters. The summed E-state index contributed by atoms with van der Waals surface area (Å²) in [6.07, 6.45) is -5.35. The number of ether oxygens (including phenoxy) is 3. The predicted molar refractivity (Wildman–Crippen MR) is 104 cm³/mol. The molecule has 3 N–H and O–H groups in total. The number of carbonyl (C=O) groups is 2. The lowest BCUT2D eigenvalue weighted by Gasteiger charge is -2.45. The first-order valence-corrected chi connectivity index (χ1v) is 9.70. The van der Waals surface area contributed by atoms with Crippen molar-refractivity contribution in [2.45, 2.75) is 17.9 Å². The minimum Gasteiger partial charge on any atom is -0.493 e. The van der Waals surface area contributed by atoms with Crippen molar-refractivity contribution in [2.24, 2.45) is 5.92 Å². The number of methoxy groups -OCH3 is 3. The third-order valence-electron chi connectivity index (χ3n) is 4.90. The largest absolute Gasteiger partial charge is 0.493 e. The maximum Gasteiger partial charge on any atom is 0.437 e. The molecule has 1 saturated heterocycles. The van der Waals surface area contributed by atoms with E-state index in [2.05, 4.69) is 5.32 Å². The zero-order chi connectivity index (χ0) is 23.0. The molecule has 12 heteroatoms. The number of urea groups is 1. The maximum absolute atomic E-state index is 13.9. The summed E-state index contributed by atoms with van der Waals surface area (Å²) < 4.78 is 57.5. The Labute approximate surface area is 178 Å². The lowest BCUT2D eigenvalue weighted by molar-refractivity contribution is -0.287. The highest BCUT2D eigenvalue weighted by atomic mass is 32.1. The van der Waals surface area contributed by atoms with Gasteiger partial charge in [0.15, 0.2) is 17.3 Å². The number of alkyl halides is 3. The topological polar surface area (TPSA) is 106 Å². The van der Waals surface area contributed by atoms with Gasteiger partial charge in [-0.15, -0.1) is 11.3 Å². The van der Waals surface area contributed by atoms with Gasteiger partial charge in [-0.3, -0.25) is 4.79 Å². The monoisotopic (exact) mass is 460 g/mol. The van der Waals surface area contributed by atoms with Crippen molar-refractivity contribution in [1.82, 2.24) is 10.6 Å². The van der Waals surface area contributed by atoms with Gasteiger partial charge in [0.1, 0.15) is 5.92 Å². The molecule has 2 aromatic rings. The average Bonchev–Trinajstić information content (AvgIpc) is 3.25. The van der Waals surface area contributed by atoms with Crippen molar-refractivity contribution in [1.29, 1.82) is 0 Å². The van der Waals surface area contributed by atoms with Crippen molar-refractivity contribution < 1.29 is 42.1 Å². The first-order valence-electron chi connectivity index (χ1n) is 8.82. The van der Waals surface area contributed by atoms with Crippen LogP contribution in [0.4, 0.5) is 18.0 Å². The van der Waals surface area contributed by atoms with Crippen LogP contribution in [0.5, 0.6) is 17.2 Å². The average molecular weight is 460 g/mol. The van der Waals surface area contributed by atoms with Crippen LogP contribution in [0.15, 0.2) is 29.6 Å². The van der Waals surface area contributed by atoms with Crippen LogP contribution in [0.2, 0.25) is 0 Å². The number of halogens is 3. The summed E-state index contributed by atoms with van der Waals surface area (Å²) in [5.74, 6) is -2.78. The number of Topliss-reactive ketones (excluding diaryl/α,β-unsaturated/α-hetero) is 1. The molecule has 2 amide bonds. The second-order valence-electron chi connectivity index (χ2n) is 6.62. The molecule has 8 nitrogen and oxygen atoms in total. The van der Waals surface area contributed by atoms with Crippen molar-refractivity contribution in [3.05, 3.63) is 40.1 Å². The lowest BCUT2D eigenvalue weighted by atomic mass is 9.78. The van der Waals surface area contributed by atoms with Crippen LogP contribution >= 0.6 is 11.3 Å². The zero-order valence-electron chi connectivity index (χ0n) is 16.6. The second kappa shape index (κ2) is 8.27. The number of thiophene rings is 1. The minimum atomic E-state index is -5.35. The molecular formula is C19H19F3N2O6S. The van der Waals surface area contributed by atoms with Gasteiger partial charge in [0, 0.05) is 0 Å². The Morgan fingerprint density at radius 3 is 2.23 bits per heavy atom. The molecule has 0 spiro atoms. The minimum absolute atomic E-state index is 0.0111. The van der Waals surface area contributed by atoms with E-state index < -0.39 is 35.7 Å². The molecule has 0 saturated carbocycles. The van der Waals surface area contributed by atoms with Gasteiger partial charge in [-0.05, 0) is 29.1 Å². The van der Waals surface area contributed by atoms with E-state index in [1.54, 1.807) is 0 Å². The van der Waals surface area contributed by atoms with Gasteiger partial charge in [0.2, 0.25) is 11.5 Å². The van der Waals surface area contributed by atoms with Crippen LogP contribution in [0, 0.1) is 5.92 Å². The fraction of sp³-hybridized carbons (Fsp3) is 0.368. The van der Waals surface area contributed by atoms with Crippen molar-refractivity contribution >= 4 is 23.2 Å². The van der Waals surface area contributed by atoms with Gasteiger partial charge in [0.25, 0.3) is 0 Å². The van der Waals surface area contributed by atoms with Crippen molar-refractivity contribution in [2.75, 3.05) is 21.3 Å². The van der Waals surface area contributed by atoms with Crippen LogP contribution < -0.4 is 24.8 Å². The number of ketones is 1. The summed E-state index contributed by atoms with van der Waals surface area (Å²) in [5.41, 5.74) is -3.77. The van der Waals surface area contributed by atoms with E-state index in [1.807, 2.05) is 0 Å². The molecule has 3 rings (SSSR count). The van der Waals surface area contributed by atoms with E-state index in [9.17, 15) is 27.9 Å². The van der Waals surface area contributed by atoms with Crippen LogP contribution in [0.1, 0.15) is 21.3 Å². The van der Waals surface area contributed by atoms with Gasteiger partial charge < -0.3 is 30.0 Å². The maximum atomic E-state index is 13.9. The summed E-state index contributed by atoms with van der Waals surface area (Å²) in [5, 5.41) is 15.9. The van der Waals surface area contributed by atoms with Gasteiger partial charge in [-0.25, -0.2) is 4.79 Å². The molecule has 0 radical (unpaired) electrons. The molecule has 0 aliphatic carbocycles. The molecule has 0 unspecified atom stereocenters. The predicted octanol–water partition coefficient (Wildman–Crippen LogP) is 2.88. The zero-order valence-corrected chi connectivity index (χ0v) is 17.4. The van der Waals surface area contributed by atoms with E-state index in [4.69, 9.17) is 14.2 Å². The smallest absolute Gasteiger partial charge is 0.437 e. The second-order valence-corrected chi connectivity index (χ2v) is 7.57. The molecule has 1 aromatic carbocycles. The summed E-state index contributed by atoms with van der Waals surface area (Å²) in [6.45, 7) is 0. The number of benzene rings is 1. The molecule has 1 aromatic heterocycles. The van der Waals surface area contributed by atoms with Gasteiger partial charge >= 0.3 is 12.2 Å². The highest BCUT2D eigenvalue weighted by Crippen LogP contribution is 2.47. The van der Waals surface area contributed by atoms with Crippen molar-refractivity contribution in [3.8, 4) is 17.2 Å². The molecule has 2 heterocycles. The third kappa shape index (κ3) is 3.88. The number of aliphatic hydroxyl groups is 1. The van der Waals surface area contributed by atoms with Gasteiger partial charge in [-0.1, -0.05) is 6.07 Å². The Morgan fingerprint density at radius 2 is 1.77 bits per heavy atom. The fourth-order valence-corrected chi connectivity index (χ4v) is 4.17. The molecule has 1 fully saturated rings. The van der Waals surface area contributed by atoms with Gasteiger partial charge in [0.05, 0.1) is 32.2 Å². The molecular weight excluding hydrogens is 441 g/mol. The van der Waals surface area contributed by atoms with Crippen LogP contribution in [-0.4, -0.2) is 50.2 Å². The molecule has 0 bridgehead atoms. The van der Waals surface area contributed by atoms with Crippen LogP contribution in [-0.2, 0) is 0 Å². The SMILES string of the molecule is COc1cc([C@@H]2NC(=O)N[C@@](O)(C(F)(F)F)[C@@H]2C(=O)c2cccs2)cc(OC)c1OC. The summed E-state index contributed by atoms with van der Waals surface area (Å²) in [4.78, 5) is 25.2. The number of hydrogen-bond acceptors (Lipinski definition) is 7. The van der Waals surface area contributed by atoms with E-state index >= 15 is 0 Å². The van der Waals surface area contributed by atoms with E-state index in [0.29, 0.717) is 0 Å². The van der Waals surface area contributed by atoms with E-state index in [-0.39, 0.29) is 27.7 Å². The van der Waals surface area contributed by atoms with Crippen LogP contribution in [0.25, 0.3) is 0 Å². The summed E-state index contributed by atoms with van der Waals surface area (Å²) >= 11 is 0.918. The Morgan fingerprint density at radius 1 is 1.16 bits per heavy atom. The first kappa shape index (κ1) is 22.7. The molecule has 1 aliphatic heterocycles. The molecule has 168 valence electrons. The summed E-state index contributed by atoms with van der Waals surface area (Å²) in [6, 6.07) is 2.59. The summed E-state index contributed by atoms with van der Waals surface area (Å²) in [7, 11) is 3.96. The number of carbonyl (C=O) groups excluding carboxylic acids is 2. The van der Waals surface area contributed by atoms with Crippen LogP contribution in [0.3, 0.4) is 0 Å². The fourth-order valence-electron chi connectivity index (χ4n) is 3.47. The Hall–Kier alpha value is -2.99. The normalized spacial score (nSPS) is 23.5. The highest BCUT2D eigenvalue weighted by molar-refractivity contribution is 7.12. The molecule has 1 aliphatic rings. The Bertz CT molecular complexity index is 957.